The van der Waals surface area contributed by atoms with Crippen molar-refractivity contribution in [3.05, 3.63) is 11.6 Å². The van der Waals surface area contributed by atoms with Gasteiger partial charge in [0.25, 0.3) is 0 Å². The molecule has 0 unspecified atom stereocenters. The summed E-state index contributed by atoms with van der Waals surface area (Å²) in [5.74, 6) is 4.94. The van der Waals surface area contributed by atoms with Crippen LogP contribution in [0.2, 0.25) is 0 Å². The predicted molar refractivity (Wildman–Crippen MR) is 121 cm³/mol. The van der Waals surface area contributed by atoms with Gasteiger partial charge in [0.15, 0.2) is 0 Å². The van der Waals surface area contributed by atoms with E-state index in [2.05, 4.69) is 33.8 Å². The van der Waals surface area contributed by atoms with E-state index in [1.165, 1.54) is 51.4 Å². The van der Waals surface area contributed by atoms with E-state index in [0.717, 1.165) is 49.0 Å². The summed E-state index contributed by atoms with van der Waals surface area (Å²) in [6.45, 7) is 11.2. The van der Waals surface area contributed by atoms with Gasteiger partial charge in [0, 0.05) is 12.3 Å². The maximum Gasteiger partial charge on any atom is 0.0577 e. The average molecular weight is 398 g/mol. The molecule has 4 aliphatic carbocycles. The fourth-order valence-electron chi connectivity index (χ4n) is 8.95. The number of allylic oxidation sites excluding steroid dienone is 1. The summed E-state index contributed by atoms with van der Waals surface area (Å²) in [6, 6.07) is 0. The number of rotatable bonds is 2. The second-order valence-electron chi connectivity index (χ2n) is 12.1. The van der Waals surface area contributed by atoms with E-state index < -0.39 is 0 Å². The predicted octanol–water partition coefficient (Wildman–Crippen LogP) is 6.43. The quantitative estimate of drug-likeness (QED) is 0.535. The minimum atomic E-state index is -0.0876. The molecule has 3 fully saturated rings. The third kappa shape index (κ3) is 3.10. The van der Waals surface area contributed by atoms with Gasteiger partial charge in [-0.05, 0) is 111 Å². The van der Waals surface area contributed by atoms with Crippen LogP contribution >= 0.6 is 0 Å². The molecule has 0 aromatic rings. The normalized spacial score (nSPS) is 50.7. The number of nitrogens with zero attached hydrogens (tertiary/aromatic N) is 1. The summed E-state index contributed by atoms with van der Waals surface area (Å²) < 4.78 is 0. The molecule has 1 aliphatic heterocycles. The van der Waals surface area contributed by atoms with Gasteiger partial charge in [0.1, 0.15) is 0 Å². The zero-order valence-corrected chi connectivity index (χ0v) is 19.3. The highest BCUT2D eigenvalue weighted by Crippen LogP contribution is 2.67. The molecule has 1 heterocycles. The molecular weight excluding hydrogens is 354 g/mol. The fraction of sp³-hybridized carbons (Fsp3) is 0.889. The molecule has 0 spiro atoms. The fourth-order valence-corrected chi connectivity index (χ4v) is 8.95. The molecule has 162 valence electrons. The van der Waals surface area contributed by atoms with Gasteiger partial charge < -0.3 is 5.11 Å². The van der Waals surface area contributed by atoms with E-state index in [9.17, 15) is 5.11 Å². The second-order valence-corrected chi connectivity index (χ2v) is 12.1. The van der Waals surface area contributed by atoms with Gasteiger partial charge >= 0.3 is 0 Å². The van der Waals surface area contributed by atoms with E-state index in [0.29, 0.717) is 16.7 Å². The topological polar surface area (TPSA) is 32.6 Å². The molecule has 0 aromatic carbocycles. The largest absolute Gasteiger partial charge is 0.393 e. The van der Waals surface area contributed by atoms with Crippen molar-refractivity contribution in [3.8, 4) is 0 Å². The Labute approximate surface area is 178 Å². The van der Waals surface area contributed by atoms with Crippen molar-refractivity contribution in [1.29, 1.82) is 0 Å². The van der Waals surface area contributed by atoms with Crippen molar-refractivity contribution in [2.24, 2.45) is 51.3 Å². The maximum atomic E-state index is 10.2. The van der Waals surface area contributed by atoms with E-state index in [4.69, 9.17) is 4.99 Å². The van der Waals surface area contributed by atoms with Gasteiger partial charge in [-0.3, -0.25) is 4.99 Å². The molecule has 5 aliphatic rings. The first kappa shape index (κ1) is 20.3. The smallest absolute Gasteiger partial charge is 0.0577 e. The lowest BCUT2D eigenvalue weighted by Gasteiger charge is -2.58. The van der Waals surface area contributed by atoms with Crippen molar-refractivity contribution in [2.75, 3.05) is 6.54 Å². The van der Waals surface area contributed by atoms with Crippen LogP contribution in [0.15, 0.2) is 16.6 Å². The number of hydrogen-bond acceptors (Lipinski definition) is 2. The Kier molecular flexibility index (Phi) is 5.04. The van der Waals surface area contributed by atoms with E-state index >= 15 is 0 Å². The molecule has 1 N–H and O–H groups in total. The van der Waals surface area contributed by atoms with Crippen molar-refractivity contribution >= 4 is 5.71 Å². The first-order valence-corrected chi connectivity index (χ1v) is 12.7. The molecular formula is C27H43NO. The third-order valence-corrected chi connectivity index (χ3v) is 10.8. The summed E-state index contributed by atoms with van der Waals surface area (Å²) in [7, 11) is 0. The minimum Gasteiger partial charge on any atom is -0.393 e. The van der Waals surface area contributed by atoms with Crippen LogP contribution in [0.25, 0.3) is 0 Å². The van der Waals surface area contributed by atoms with Crippen molar-refractivity contribution in [2.45, 2.75) is 98.0 Å². The Hall–Kier alpha value is -0.630. The number of aliphatic hydroxyl groups is 1. The first-order valence-electron chi connectivity index (χ1n) is 12.7. The second kappa shape index (κ2) is 7.21. The summed E-state index contributed by atoms with van der Waals surface area (Å²) in [5.41, 5.74) is 4.05. The van der Waals surface area contributed by atoms with E-state index in [1.807, 2.05) is 0 Å². The number of fused-ring (bicyclic) bond motifs is 5. The van der Waals surface area contributed by atoms with Gasteiger partial charge in [-0.2, -0.15) is 0 Å². The zero-order chi connectivity index (χ0) is 20.4. The van der Waals surface area contributed by atoms with Crippen LogP contribution in [0.3, 0.4) is 0 Å². The summed E-state index contributed by atoms with van der Waals surface area (Å²) >= 11 is 0. The molecule has 3 saturated carbocycles. The lowest BCUT2D eigenvalue weighted by atomic mass is 9.47. The van der Waals surface area contributed by atoms with Crippen molar-refractivity contribution < 1.29 is 5.11 Å². The van der Waals surface area contributed by atoms with Crippen molar-refractivity contribution in [3.63, 3.8) is 0 Å². The van der Waals surface area contributed by atoms with Crippen LogP contribution in [0.1, 0.15) is 91.9 Å². The molecule has 5 rings (SSSR count). The molecule has 9 atom stereocenters. The average Bonchev–Trinajstić information content (AvgIpc) is 3.06. The summed E-state index contributed by atoms with van der Waals surface area (Å²) in [5, 5.41) is 10.2. The van der Waals surface area contributed by atoms with Gasteiger partial charge in [-0.25, -0.2) is 0 Å². The summed E-state index contributed by atoms with van der Waals surface area (Å²) in [4.78, 5) is 5.06. The van der Waals surface area contributed by atoms with E-state index in [1.54, 1.807) is 11.3 Å². The molecule has 2 nitrogen and oxygen atoms in total. The van der Waals surface area contributed by atoms with Crippen LogP contribution in [0, 0.1) is 46.3 Å². The molecule has 0 bridgehead atoms. The number of aliphatic imine (C=N–C) groups is 1. The van der Waals surface area contributed by atoms with Crippen LogP contribution in [-0.2, 0) is 0 Å². The number of aliphatic hydroxyl groups excluding tert-OH is 1. The van der Waals surface area contributed by atoms with Gasteiger partial charge in [0.2, 0.25) is 0 Å². The van der Waals surface area contributed by atoms with Crippen LogP contribution in [0.5, 0.6) is 0 Å². The Morgan fingerprint density at radius 3 is 2.66 bits per heavy atom. The first-order chi connectivity index (χ1) is 13.8. The monoisotopic (exact) mass is 397 g/mol. The highest BCUT2D eigenvalue weighted by molar-refractivity contribution is 5.87. The molecule has 0 radical (unpaired) electrons. The molecule has 2 heteroatoms. The Morgan fingerprint density at radius 1 is 1.07 bits per heavy atom. The van der Waals surface area contributed by atoms with Crippen LogP contribution in [-0.4, -0.2) is 23.5 Å². The van der Waals surface area contributed by atoms with Gasteiger partial charge in [-0.1, -0.05) is 39.3 Å². The summed E-state index contributed by atoms with van der Waals surface area (Å²) in [6.07, 6.45) is 15.2. The molecule has 0 amide bonds. The molecule has 29 heavy (non-hydrogen) atoms. The Bertz CT molecular complexity index is 709. The minimum absolute atomic E-state index is 0.0876. The van der Waals surface area contributed by atoms with E-state index in [-0.39, 0.29) is 6.10 Å². The lowest BCUT2D eigenvalue weighted by Crippen LogP contribution is -2.51. The zero-order valence-electron chi connectivity index (χ0n) is 19.3. The Balaban J connectivity index is 1.38. The SMILES string of the molecule is C[C@H]1CCC([C@@H](C)[C@H]2CC[C@H]3[C@@H]4CC=C5C[C@@H](O)CC[C@]5(C)[C@H]4CC[C@]23C)=NC1. The van der Waals surface area contributed by atoms with Gasteiger partial charge in [0.05, 0.1) is 6.10 Å². The number of hydrogen-bond donors (Lipinski definition) is 1. The van der Waals surface area contributed by atoms with Crippen molar-refractivity contribution in [1.82, 2.24) is 0 Å². The Morgan fingerprint density at radius 2 is 1.90 bits per heavy atom. The standard InChI is InChI=1S/C27H43NO/c1-17-5-10-25(28-16-17)18(2)22-8-9-23-21-7-6-19-15-20(29)11-13-26(19,3)24(21)12-14-27(22,23)4/h6,17-18,20-24,29H,5,7-16H2,1-4H3/t17-,18-,20-,21-,22+,23-,24-,26-,27+/m0/s1. The van der Waals surface area contributed by atoms with Gasteiger partial charge in [-0.15, -0.1) is 0 Å². The highest BCUT2D eigenvalue weighted by Gasteiger charge is 2.59. The molecule has 0 saturated heterocycles. The third-order valence-electron chi connectivity index (χ3n) is 10.8. The molecule has 0 aromatic heterocycles. The van der Waals surface area contributed by atoms with Crippen LogP contribution in [0.4, 0.5) is 0 Å². The maximum absolute atomic E-state index is 10.2. The highest BCUT2D eigenvalue weighted by atomic mass is 16.3. The lowest BCUT2D eigenvalue weighted by molar-refractivity contribution is -0.0532. The van der Waals surface area contributed by atoms with Crippen LogP contribution < -0.4 is 0 Å².